The first-order valence-corrected chi connectivity index (χ1v) is 7.89. The lowest BCUT2D eigenvalue weighted by Crippen LogP contribution is -2.14. The van der Waals surface area contributed by atoms with Gasteiger partial charge < -0.3 is 5.32 Å². The Labute approximate surface area is 141 Å². The van der Waals surface area contributed by atoms with Gasteiger partial charge in [0.25, 0.3) is 5.91 Å². The number of pyridine rings is 1. The second-order valence-corrected chi connectivity index (χ2v) is 5.91. The van der Waals surface area contributed by atoms with Crippen LogP contribution >= 0.6 is 11.8 Å². The molecule has 0 atom stereocenters. The van der Waals surface area contributed by atoms with Gasteiger partial charge in [0.1, 0.15) is 16.7 Å². The van der Waals surface area contributed by atoms with E-state index in [1.54, 1.807) is 18.3 Å². The van der Waals surface area contributed by atoms with Gasteiger partial charge in [-0.2, -0.15) is 0 Å². The number of carbonyl (C=O) groups is 1. The molecule has 0 aliphatic heterocycles. The SMILES string of the molecule is O=C(Nc1cc(F)ccc1F)c1cccnc1Sc1ccccc1. The lowest BCUT2D eigenvalue weighted by Gasteiger charge is -2.10. The second kappa shape index (κ2) is 7.23. The zero-order chi connectivity index (χ0) is 16.9. The predicted octanol–water partition coefficient (Wildman–Crippen LogP) is 4.76. The minimum Gasteiger partial charge on any atom is -0.319 e. The number of aromatic nitrogens is 1. The molecular formula is C18H12F2N2OS. The average molecular weight is 342 g/mol. The molecule has 24 heavy (non-hydrogen) atoms. The molecule has 2 aromatic carbocycles. The molecule has 0 fully saturated rings. The highest BCUT2D eigenvalue weighted by Crippen LogP contribution is 2.29. The summed E-state index contributed by atoms with van der Waals surface area (Å²) in [4.78, 5) is 17.6. The fraction of sp³-hybridized carbons (Fsp3) is 0. The second-order valence-electron chi connectivity index (χ2n) is 4.85. The van der Waals surface area contributed by atoms with Gasteiger partial charge in [0, 0.05) is 17.2 Å². The van der Waals surface area contributed by atoms with Gasteiger partial charge in [-0.15, -0.1) is 0 Å². The van der Waals surface area contributed by atoms with E-state index >= 15 is 0 Å². The Bertz CT molecular complexity index is 872. The van der Waals surface area contributed by atoms with E-state index in [0.717, 1.165) is 23.1 Å². The van der Waals surface area contributed by atoms with E-state index < -0.39 is 17.5 Å². The number of amides is 1. The molecular weight excluding hydrogens is 330 g/mol. The van der Waals surface area contributed by atoms with E-state index in [4.69, 9.17) is 0 Å². The lowest BCUT2D eigenvalue weighted by molar-refractivity contribution is 0.102. The number of hydrogen-bond donors (Lipinski definition) is 1. The normalized spacial score (nSPS) is 10.4. The highest BCUT2D eigenvalue weighted by Gasteiger charge is 2.15. The number of halogens is 2. The maximum absolute atomic E-state index is 13.7. The van der Waals surface area contributed by atoms with E-state index in [2.05, 4.69) is 10.3 Å². The van der Waals surface area contributed by atoms with E-state index in [1.165, 1.54) is 11.8 Å². The van der Waals surface area contributed by atoms with E-state index in [1.807, 2.05) is 30.3 Å². The summed E-state index contributed by atoms with van der Waals surface area (Å²) in [5.74, 6) is -1.88. The number of benzene rings is 2. The maximum atomic E-state index is 13.7. The molecule has 0 saturated carbocycles. The number of carbonyl (C=O) groups excluding carboxylic acids is 1. The van der Waals surface area contributed by atoms with Crippen LogP contribution in [0.4, 0.5) is 14.5 Å². The molecule has 0 unspecified atom stereocenters. The minimum absolute atomic E-state index is 0.209. The molecule has 1 amide bonds. The van der Waals surface area contributed by atoms with Gasteiger partial charge >= 0.3 is 0 Å². The van der Waals surface area contributed by atoms with Crippen molar-refractivity contribution in [3.63, 3.8) is 0 Å². The molecule has 120 valence electrons. The largest absolute Gasteiger partial charge is 0.319 e. The summed E-state index contributed by atoms with van der Waals surface area (Å²) in [6.07, 6.45) is 1.57. The summed E-state index contributed by atoms with van der Waals surface area (Å²) >= 11 is 1.32. The first-order valence-electron chi connectivity index (χ1n) is 7.08. The van der Waals surface area contributed by atoms with E-state index in [-0.39, 0.29) is 11.3 Å². The average Bonchev–Trinajstić information content (AvgIpc) is 2.59. The van der Waals surface area contributed by atoms with Crippen molar-refractivity contribution >= 4 is 23.4 Å². The molecule has 3 aromatic rings. The Hall–Kier alpha value is -2.73. The first kappa shape index (κ1) is 16.1. The van der Waals surface area contributed by atoms with E-state index in [0.29, 0.717) is 5.03 Å². The number of nitrogens with zero attached hydrogens (tertiary/aromatic N) is 1. The van der Waals surface area contributed by atoms with Crippen molar-refractivity contribution in [3.05, 3.63) is 84.1 Å². The fourth-order valence-electron chi connectivity index (χ4n) is 2.03. The fourth-order valence-corrected chi connectivity index (χ4v) is 2.93. The summed E-state index contributed by atoms with van der Waals surface area (Å²) in [6.45, 7) is 0. The summed E-state index contributed by atoms with van der Waals surface area (Å²) in [5.41, 5.74) is 0.0783. The topological polar surface area (TPSA) is 42.0 Å². The van der Waals surface area contributed by atoms with Crippen LogP contribution in [0.1, 0.15) is 10.4 Å². The van der Waals surface area contributed by atoms with Crippen LogP contribution in [-0.4, -0.2) is 10.9 Å². The Morgan fingerprint density at radius 3 is 2.58 bits per heavy atom. The van der Waals surface area contributed by atoms with Gasteiger partial charge in [-0.05, 0) is 36.4 Å². The molecule has 3 rings (SSSR count). The quantitative estimate of drug-likeness (QED) is 0.743. The molecule has 0 spiro atoms. The molecule has 0 aliphatic rings. The molecule has 0 saturated heterocycles. The molecule has 1 N–H and O–H groups in total. The number of anilines is 1. The molecule has 0 aliphatic carbocycles. The first-order chi connectivity index (χ1) is 11.6. The van der Waals surface area contributed by atoms with Crippen LogP contribution in [0.2, 0.25) is 0 Å². The van der Waals surface area contributed by atoms with Crippen molar-refractivity contribution in [3.8, 4) is 0 Å². The monoisotopic (exact) mass is 342 g/mol. The molecule has 6 heteroatoms. The third-order valence-corrected chi connectivity index (χ3v) is 4.18. The van der Waals surface area contributed by atoms with Crippen molar-refractivity contribution in [1.82, 2.24) is 4.98 Å². The number of hydrogen-bond acceptors (Lipinski definition) is 3. The van der Waals surface area contributed by atoms with Gasteiger partial charge in [0.15, 0.2) is 0 Å². The van der Waals surface area contributed by atoms with Crippen LogP contribution in [-0.2, 0) is 0 Å². The smallest absolute Gasteiger partial charge is 0.258 e. The molecule has 1 aromatic heterocycles. The van der Waals surface area contributed by atoms with Gasteiger partial charge in [-0.1, -0.05) is 30.0 Å². The lowest BCUT2D eigenvalue weighted by atomic mass is 10.2. The Balaban J connectivity index is 1.86. The van der Waals surface area contributed by atoms with Crippen LogP contribution in [0, 0.1) is 11.6 Å². The zero-order valence-electron chi connectivity index (χ0n) is 12.4. The van der Waals surface area contributed by atoms with Crippen molar-refractivity contribution < 1.29 is 13.6 Å². The predicted molar refractivity (Wildman–Crippen MR) is 89.1 cm³/mol. The highest BCUT2D eigenvalue weighted by molar-refractivity contribution is 7.99. The molecule has 0 radical (unpaired) electrons. The minimum atomic E-state index is -0.703. The van der Waals surface area contributed by atoms with Crippen LogP contribution in [0.25, 0.3) is 0 Å². The van der Waals surface area contributed by atoms with Crippen molar-refractivity contribution in [2.45, 2.75) is 9.92 Å². The standard InChI is InChI=1S/C18H12F2N2OS/c19-12-8-9-15(20)16(11-12)22-17(23)14-7-4-10-21-18(14)24-13-5-2-1-3-6-13/h1-11H,(H,22,23). The van der Waals surface area contributed by atoms with Gasteiger partial charge in [0.2, 0.25) is 0 Å². The van der Waals surface area contributed by atoms with Crippen molar-refractivity contribution in [2.24, 2.45) is 0 Å². The van der Waals surface area contributed by atoms with Crippen molar-refractivity contribution in [2.75, 3.05) is 5.32 Å². The third-order valence-electron chi connectivity index (χ3n) is 3.15. The van der Waals surface area contributed by atoms with Gasteiger partial charge in [0.05, 0.1) is 11.3 Å². The maximum Gasteiger partial charge on any atom is 0.258 e. The molecule has 3 nitrogen and oxygen atoms in total. The van der Waals surface area contributed by atoms with Crippen LogP contribution in [0.3, 0.4) is 0 Å². The van der Waals surface area contributed by atoms with Crippen LogP contribution in [0.5, 0.6) is 0 Å². The van der Waals surface area contributed by atoms with Crippen LogP contribution < -0.4 is 5.32 Å². The summed E-state index contributed by atoms with van der Waals surface area (Å²) < 4.78 is 26.9. The molecule has 0 bridgehead atoms. The third kappa shape index (κ3) is 3.78. The summed E-state index contributed by atoms with van der Waals surface area (Å²) in [6, 6.07) is 15.5. The highest BCUT2D eigenvalue weighted by atomic mass is 32.2. The van der Waals surface area contributed by atoms with Gasteiger partial charge in [-0.3, -0.25) is 4.79 Å². The van der Waals surface area contributed by atoms with Gasteiger partial charge in [-0.25, -0.2) is 13.8 Å². The summed E-state index contributed by atoms with van der Waals surface area (Å²) in [7, 11) is 0. The van der Waals surface area contributed by atoms with Crippen molar-refractivity contribution in [1.29, 1.82) is 0 Å². The van der Waals surface area contributed by atoms with Crippen LogP contribution in [0.15, 0.2) is 76.8 Å². The Morgan fingerprint density at radius 2 is 1.79 bits per heavy atom. The summed E-state index contributed by atoms with van der Waals surface area (Å²) in [5, 5.41) is 2.87. The molecule has 1 heterocycles. The Morgan fingerprint density at radius 1 is 1.00 bits per heavy atom. The Kier molecular flexibility index (Phi) is 4.86. The zero-order valence-corrected chi connectivity index (χ0v) is 13.2. The van der Waals surface area contributed by atoms with E-state index in [9.17, 15) is 13.6 Å². The number of nitrogens with one attached hydrogen (secondary N) is 1. The number of rotatable bonds is 4.